The Kier molecular flexibility index (Phi) is 4.28. The molecule has 0 spiro atoms. The number of ether oxygens (including phenoxy) is 1. The Labute approximate surface area is 137 Å². The molecule has 1 aliphatic rings. The van der Waals surface area contributed by atoms with Gasteiger partial charge in [0.25, 0.3) is 11.8 Å². The fourth-order valence-corrected chi connectivity index (χ4v) is 2.37. The Bertz CT molecular complexity index is 755. The maximum Gasteiger partial charge on any atom is 0.417 e. The Balaban J connectivity index is 1.81. The summed E-state index contributed by atoms with van der Waals surface area (Å²) in [6.07, 6.45) is -0.715. The van der Waals surface area contributed by atoms with Gasteiger partial charge in [0.05, 0.1) is 12.6 Å². The largest absolute Gasteiger partial charge is 0.439 e. The third kappa shape index (κ3) is 3.27. The predicted octanol–water partition coefficient (Wildman–Crippen LogP) is 1.43. The van der Waals surface area contributed by atoms with Gasteiger partial charge in [-0.1, -0.05) is 35.5 Å². The van der Waals surface area contributed by atoms with Crippen LogP contribution in [0.3, 0.4) is 0 Å². The van der Waals surface area contributed by atoms with Crippen molar-refractivity contribution in [2.24, 2.45) is 0 Å². The smallest absolute Gasteiger partial charge is 0.417 e. The zero-order valence-electron chi connectivity index (χ0n) is 12.9. The average molecular weight is 329 g/mol. The number of rotatable bonds is 5. The Hall–Kier alpha value is -3.16. The van der Waals surface area contributed by atoms with E-state index in [0.717, 1.165) is 10.5 Å². The van der Waals surface area contributed by atoms with Crippen LogP contribution in [-0.2, 0) is 9.53 Å². The lowest BCUT2D eigenvalue weighted by atomic mass is 10.1. The molecule has 1 fully saturated rings. The van der Waals surface area contributed by atoms with Crippen molar-refractivity contribution in [2.45, 2.75) is 13.0 Å². The molecule has 1 N–H and O–H groups in total. The Morgan fingerprint density at radius 2 is 2.08 bits per heavy atom. The van der Waals surface area contributed by atoms with Crippen LogP contribution in [0.1, 0.15) is 27.9 Å². The van der Waals surface area contributed by atoms with E-state index in [1.54, 1.807) is 31.2 Å². The summed E-state index contributed by atoms with van der Waals surface area (Å²) in [5.41, 5.74) is 0.877. The lowest BCUT2D eigenvalue weighted by molar-refractivity contribution is -0.126. The molecular formula is C16H15N3O5. The van der Waals surface area contributed by atoms with E-state index in [2.05, 4.69) is 10.5 Å². The SMILES string of the molecule is Cc1cc(C(=O)N[C@H](CN2C(=O)COC2=O)c2ccccc2)no1. The van der Waals surface area contributed by atoms with Crippen LogP contribution >= 0.6 is 0 Å². The number of carbonyl (C=O) groups is 3. The van der Waals surface area contributed by atoms with Crippen LogP contribution in [0.5, 0.6) is 0 Å². The molecule has 2 aromatic rings. The van der Waals surface area contributed by atoms with Gasteiger partial charge in [-0.25, -0.2) is 9.69 Å². The molecule has 0 unspecified atom stereocenters. The van der Waals surface area contributed by atoms with Gasteiger partial charge in [0.2, 0.25) is 0 Å². The number of nitrogens with zero attached hydrogens (tertiary/aromatic N) is 2. The number of aromatic nitrogens is 1. The average Bonchev–Trinajstić information content (AvgIpc) is 3.15. The second-order valence-corrected chi connectivity index (χ2v) is 5.32. The van der Waals surface area contributed by atoms with Crippen LogP contribution in [0.15, 0.2) is 40.9 Å². The van der Waals surface area contributed by atoms with Crippen LogP contribution in [0.25, 0.3) is 0 Å². The Morgan fingerprint density at radius 3 is 2.67 bits per heavy atom. The normalized spacial score (nSPS) is 15.3. The number of cyclic esters (lactones) is 1. The van der Waals surface area contributed by atoms with Gasteiger partial charge >= 0.3 is 6.09 Å². The predicted molar refractivity (Wildman–Crippen MR) is 81.0 cm³/mol. The summed E-state index contributed by atoms with van der Waals surface area (Å²) in [7, 11) is 0. The maximum absolute atomic E-state index is 12.3. The van der Waals surface area contributed by atoms with Crippen LogP contribution in [0, 0.1) is 6.92 Å². The van der Waals surface area contributed by atoms with Crippen LogP contribution < -0.4 is 5.32 Å². The summed E-state index contributed by atoms with van der Waals surface area (Å²) in [5.74, 6) is -0.386. The van der Waals surface area contributed by atoms with Crippen LogP contribution in [0.4, 0.5) is 4.79 Å². The van der Waals surface area contributed by atoms with Crippen LogP contribution in [0.2, 0.25) is 0 Å². The third-order valence-electron chi connectivity index (χ3n) is 3.57. The first kappa shape index (κ1) is 15.7. The highest BCUT2D eigenvalue weighted by atomic mass is 16.6. The first-order chi connectivity index (χ1) is 11.5. The van der Waals surface area contributed by atoms with E-state index >= 15 is 0 Å². The molecule has 0 aliphatic carbocycles. The third-order valence-corrected chi connectivity index (χ3v) is 3.57. The monoisotopic (exact) mass is 329 g/mol. The number of benzene rings is 1. The van der Waals surface area contributed by atoms with E-state index < -0.39 is 23.9 Å². The van der Waals surface area contributed by atoms with E-state index in [1.165, 1.54) is 6.07 Å². The van der Waals surface area contributed by atoms with Crippen molar-refractivity contribution < 1.29 is 23.6 Å². The molecule has 2 heterocycles. The maximum atomic E-state index is 12.3. The summed E-state index contributed by atoms with van der Waals surface area (Å²) < 4.78 is 9.60. The summed E-state index contributed by atoms with van der Waals surface area (Å²) in [5, 5.41) is 6.43. The number of aryl methyl sites for hydroxylation is 1. The van der Waals surface area contributed by atoms with Gasteiger partial charge in [-0.05, 0) is 12.5 Å². The highest BCUT2D eigenvalue weighted by Gasteiger charge is 2.34. The molecule has 1 atom stereocenters. The summed E-state index contributed by atoms with van der Waals surface area (Å²) in [6.45, 7) is 1.37. The van der Waals surface area contributed by atoms with Crippen molar-refractivity contribution in [1.82, 2.24) is 15.4 Å². The number of amides is 3. The molecule has 8 heteroatoms. The summed E-state index contributed by atoms with van der Waals surface area (Å²) in [6, 6.07) is 9.95. The molecule has 1 saturated heterocycles. The van der Waals surface area contributed by atoms with Gasteiger partial charge in [0.1, 0.15) is 5.76 Å². The first-order valence-corrected chi connectivity index (χ1v) is 7.31. The minimum atomic E-state index is -0.715. The fourth-order valence-electron chi connectivity index (χ4n) is 2.37. The number of imide groups is 1. The van der Waals surface area contributed by atoms with Crippen molar-refractivity contribution in [2.75, 3.05) is 13.2 Å². The number of hydrogen-bond donors (Lipinski definition) is 1. The van der Waals surface area contributed by atoms with E-state index in [0.29, 0.717) is 5.76 Å². The highest BCUT2D eigenvalue weighted by Crippen LogP contribution is 2.18. The van der Waals surface area contributed by atoms with Crippen LogP contribution in [-0.4, -0.2) is 41.1 Å². The van der Waals surface area contributed by atoms with Crippen molar-refractivity contribution >= 4 is 17.9 Å². The molecule has 1 aromatic heterocycles. The van der Waals surface area contributed by atoms with Crippen molar-refractivity contribution in [3.63, 3.8) is 0 Å². The molecule has 0 saturated carbocycles. The lowest BCUT2D eigenvalue weighted by Crippen LogP contribution is -2.40. The molecule has 24 heavy (non-hydrogen) atoms. The van der Waals surface area contributed by atoms with Gasteiger partial charge in [-0.2, -0.15) is 0 Å². The van der Waals surface area contributed by atoms with E-state index in [-0.39, 0.29) is 18.8 Å². The molecule has 1 aromatic carbocycles. The molecule has 0 bridgehead atoms. The number of hydrogen-bond acceptors (Lipinski definition) is 6. The second-order valence-electron chi connectivity index (χ2n) is 5.32. The first-order valence-electron chi connectivity index (χ1n) is 7.31. The molecule has 1 aliphatic heterocycles. The molecule has 8 nitrogen and oxygen atoms in total. The minimum Gasteiger partial charge on any atom is -0.439 e. The van der Waals surface area contributed by atoms with E-state index in [4.69, 9.17) is 9.26 Å². The highest BCUT2D eigenvalue weighted by molar-refractivity contribution is 5.98. The second kappa shape index (κ2) is 6.53. The topological polar surface area (TPSA) is 102 Å². The van der Waals surface area contributed by atoms with Crippen molar-refractivity contribution in [1.29, 1.82) is 0 Å². The van der Waals surface area contributed by atoms with Gasteiger partial charge < -0.3 is 14.6 Å². The molecule has 3 rings (SSSR count). The number of nitrogens with one attached hydrogen (secondary N) is 1. The van der Waals surface area contributed by atoms with Gasteiger partial charge in [-0.3, -0.25) is 9.59 Å². The summed E-state index contributed by atoms with van der Waals surface area (Å²) >= 11 is 0. The number of carbonyl (C=O) groups excluding carboxylic acids is 3. The molecule has 3 amide bonds. The lowest BCUT2D eigenvalue weighted by Gasteiger charge is -2.22. The van der Waals surface area contributed by atoms with E-state index in [1.807, 2.05) is 6.07 Å². The van der Waals surface area contributed by atoms with E-state index in [9.17, 15) is 14.4 Å². The Morgan fingerprint density at radius 1 is 1.33 bits per heavy atom. The zero-order chi connectivity index (χ0) is 17.1. The standard InChI is InChI=1S/C16H15N3O5/c1-10-7-12(18-24-10)15(21)17-13(11-5-3-2-4-6-11)8-19-14(20)9-23-16(19)22/h2-7,13H,8-9H2,1H3,(H,17,21)/t13-/m1/s1. The molecule has 0 radical (unpaired) electrons. The summed E-state index contributed by atoms with van der Waals surface area (Å²) in [4.78, 5) is 36.7. The van der Waals surface area contributed by atoms with Crippen molar-refractivity contribution in [3.8, 4) is 0 Å². The van der Waals surface area contributed by atoms with Crippen molar-refractivity contribution in [3.05, 3.63) is 53.4 Å². The zero-order valence-corrected chi connectivity index (χ0v) is 12.9. The van der Waals surface area contributed by atoms with Gasteiger partial charge in [0, 0.05) is 6.07 Å². The van der Waals surface area contributed by atoms with Gasteiger partial charge in [0.15, 0.2) is 12.3 Å². The minimum absolute atomic E-state index is 0.0236. The quantitative estimate of drug-likeness (QED) is 0.890. The fraction of sp³-hybridized carbons (Fsp3) is 0.250. The van der Waals surface area contributed by atoms with Gasteiger partial charge in [-0.15, -0.1) is 0 Å². The molecular weight excluding hydrogens is 314 g/mol. The molecule has 124 valence electrons.